The van der Waals surface area contributed by atoms with Gasteiger partial charge in [0, 0.05) is 6.92 Å². The topological polar surface area (TPSA) is 194 Å². The van der Waals surface area contributed by atoms with E-state index in [1.165, 1.54) is 0 Å². The van der Waals surface area contributed by atoms with Crippen molar-refractivity contribution in [3.8, 4) is 0 Å². The third kappa shape index (κ3) is 3.95. The average Bonchev–Trinajstić information content (AvgIpc) is 2.42. The monoisotopic (exact) mass is 337 g/mol. The molecular formula is C12H19NO10. The predicted octanol–water partition coefficient (Wildman–Crippen LogP) is -3.74. The summed E-state index contributed by atoms with van der Waals surface area (Å²) in [6.45, 7) is 0.204. The largest absolute Gasteiger partial charge is 0.481 e. The van der Waals surface area contributed by atoms with Gasteiger partial charge >= 0.3 is 11.9 Å². The minimum absolute atomic E-state index is 0.736. The molecule has 0 saturated carbocycles. The van der Waals surface area contributed by atoms with Gasteiger partial charge in [0.2, 0.25) is 11.5 Å². The number of hydrogen-bond acceptors (Lipinski definition) is 8. The quantitative estimate of drug-likeness (QED) is 0.253. The van der Waals surface area contributed by atoms with Gasteiger partial charge in [-0.1, -0.05) is 0 Å². The van der Waals surface area contributed by atoms with Crippen molar-refractivity contribution >= 4 is 17.8 Å². The summed E-state index contributed by atoms with van der Waals surface area (Å²) in [7, 11) is 0. The van der Waals surface area contributed by atoms with Gasteiger partial charge in [0.15, 0.2) is 0 Å². The first-order valence-electron chi connectivity index (χ1n) is 6.61. The molecule has 132 valence electrons. The molecule has 1 fully saturated rings. The van der Waals surface area contributed by atoms with Crippen LogP contribution in [0.1, 0.15) is 13.3 Å². The number of carbonyl (C=O) groups excluding carboxylic acids is 1. The van der Waals surface area contributed by atoms with Gasteiger partial charge in [-0.2, -0.15) is 0 Å². The van der Waals surface area contributed by atoms with E-state index in [0.717, 1.165) is 6.92 Å². The molecule has 1 aliphatic rings. The van der Waals surface area contributed by atoms with E-state index >= 15 is 0 Å². The summed E-state index contributed by atoms with van der Waals surface area (Å²) in [6, 6.07) is -1.61. The molecule has 0 bridgehead atoms. The summed E-state index contributed by atoms with van der Waals surface area (Å²) < 4.78 is 5.09. The molecule has 7 N–H and O–H groups in total. The predicted molar refractivity (Wildman–Crippen MR) is 70.2 cm³/mol. The number of aliphatic hydroxyl groups excluding tert-OH is 3. The van der Waals surface area contributed by atoms with Gasteiger partial charge in [0.25, 0.3) is 0 Å². The standard InChI is InChI=1S/C12H19NO10/c1-4(15)13-7-9(19)8(18)5(3-14)23-10(7)12(22,11(20)21)2-6(16)17/h5,7-10,14,18-19,22H,2-3H2,1H3,(H,13,15)(H,16,17)(H,20,21)/t5-,7-,8-,9-,10?,12?/m1/s1. The van der Waals surface area contributed by atoms with Gasteiger partial charge in [-0.25, -0.2) is 4.79 Å². The second-order valence-electron chi connectivity index (χ2n) is 5.29. The van der Waals surface area contributed by atoms with E-state index in [4.69, 9.17) is 14.9 Å². The van der Waals surface area contributed by atoms with Crippen molar-refractivity contribution < 1.29 is 49.8 Å². The van der Waals surface area contributed by atoms with Gasteiger partial charge < -0.3 is 40.7 Å². The van der Waals surface area contributed by atoms with Crippen molar-refractivity contribution in [3.63, 3.8) is 0 Å². The second kappa shape index (κ2) is 7.19. The Labute approximate surface area is 130 Å². The molecule has 0 aromatic heterocycles. The molecular weight excluding hydrogens is 318 g/mol. The molecule has 0 aromatic rings. The molecule has 6 atom stereocenters. The molecule has 11 nitrogen and oxygen atoms in total. The van der Waals surface area contributed by atoms with Crippen LogP contribution in [-0.4, -0.2) is 91.2 Å². The van der Waals surface area contributed by atoms with Crippen LogP contribution in [-0.2, 0) is 19.1 Å². The number of hydrogen-bond donors (Lipinski definition) is 7. The molecule has 1 amide bonds. The lowest BCUT2D eigenvalue weighted by Gasteiger charge is -2.46. The first-order valence-corrected chi connectivity index (χ1v) is 6.61. The molecule has 2 unspecified atom stereocenters. The van der Waals surface area contributed by atoms with Crippen molar-refractivity contribution in [1.82, 2.24) is 5.32 Å². The van der Waals surface area contributed by atoms with Crippen LogP contribution in [0, 0.1) is 0 Å². The smallest absolute Gasteiger partial charge is 0.339 e. The maximum Gasteiger partial charge on any atom is 0.339 e. The van der Waals surface area contributed by atoms with E-state index in [9.17, 15) is 34.8 Å². The first kappa shape index (κ1) is 19.3. The van der Waals surface area contributed by atoms with Crippen molar-refractivity contribution in [3.05, 3.63) is 0 Å². The maximum atomic E-state index is 11.4. The van der Waals surface area contributed by atoms with E-state index in [1.54, 1.807) is 0 Å². The summed E-state index contributed by atoms with van der Waals surface area (Å²) in [5.74, 6) is -4.36. The van der Waals surface area contributed by atoms with Crippen LogP contribution in [0.15, 0.2) is 0 Å². The SMILES string of the molecule is CC(=O)N[C@H]1C(C(O)(CC(=O)O)C(=O)O)O[C@H](CO)[C@@H](O)[C@@H]1O. The Hall–Kier alpha value is -1.79. The summed E-state index contributed by atoms with van der Waals surface area (Å²) in [5.41, 5.74) is -3.01. The number of rotatable bonds is 6. The molecule has 23 heavy (non-hydrogen) atoms. The zero-order chi connectivity index (χ0) is 17.9. The molecule has 0 aromatic carbocycles. The van der Waals surface area contributed by atoms with Crippen molar-refractivity contribution in [2.75, 3.05) is 6.61 Å². The minimum atomic E-state index is -3.01. The lowest BCUT2D eigenvalue weighted by Crippen LogP contribution is -2.71. The number of aliphatic carboxylic acids is 2. The Bertz CT molecular complexity index is 482. The normalized spacial score (nSPS) is 33.5. The molecule has 11 heteroatoms. The zero-order valence-corrected chi connectivity index (χ0v) is 12.1. The third-order valence-electron chi connectivity index (χ3n) is 3.56. The van der Waals surface area contributed by atoms with E-state index in [-0.39, 0.29) is 0 Å². The molecule has 1 heterocycles. The van der Waals surface area contributed by atoms with Crippen LogP contribution >= 0.6 is 0 Å². The summed E-state index contributed by atoms with van der Waals surface area (Å²) in [6.07, 6.45) is -8.16. The summed E-state index contributed by atoms with van der Waals surface area (Å²) in [5, 5.41) is 59.3. The van der Waals surface area contributed by atoms with E-state index in [0.29, 0.717) is 0 Å². The number of carboxylic acid groups (broad SMARTS) is 2. The number of nitrogens with one attached hydrogen (secondary N) is 1. The van der Waals surface area contributed by atoms with Gasteiger partial charge in [0.1, 0.15) is 24.4 Å². The highest BCUT2D eigenvalue weighted by Gasteiger charge is 2.57. The number of aliphatic hydroxyl groups is 4. The minimum Gasteiger partial charge on any atom is -0.481 e. The fraction of sp³-hybridized carbons (Fsp3) is 0.750. The highest BCUT2D eigenvalue weighted by molar-refractivity contribution is 5.85. The van der Waals surface area contributed by atoms with E-state index < -0.39 is 66.9 Å². The number of ether oxygens (including phenoxy) is 1. The molecule has 0 radical (unpaired) electrons. The summed E-state index contributed by atoms with van der Waals surface area (Å²) >= 11 is 0. The van der Waals surface area contributed by atoms with Crippen LogP contribution in [0.2, 0.25) is 0 Å². The van der Waals surface area contributed by atoms with Crippen molar-refractivity contribution in [2.24, 2.45) is 0 Å². The molecule has 0 spiro atoms. The van der Waals surface area contributed by atoms with Crippen LogP contribution in [0.4, 0.5) is 0 Å². The lowest BCUT2D eigenvalue weighted by molar-refractivity contribution is -0.243. The van der Waals surface area contributed by atoms with Gasteiger partial charge in [-0.05, 0) is 0 Å². The van der Waals surface area contributed by atoms with Gasteiger partial charge in [-0.15, -0.1) is 0 Å². The Morgan fingerprint density at radius 1 is 1.17 bits per heavy atom. The van der Waals surface area contributed by atoms with E-state index in [2.05, 4.69) is 5.32 Å². The van der Waals surface area contributed by atoms with Gasteiger partial charge in [0.05, 0.1) is 19.1 Å². The highest BCUT2D eigenvalue weighted by atomic mass is 16.5. The summed E-state index contributed by atoms with van der Waals surface area (Å²) in [4.78, 5) is 33.4. The average molecular weight is 337 g/mol. The Morgan fingerprint density at radius 2 is 1.74 bits per heavy atom. The Balaban J connectivity index is 3.29. The van der Waals surface area contributed by atoms with E-state index in [1.807, 2.05) is 0 Å². The number of amides is 1. The number of carbonyl (C=O) groups is 3. The van der Waals surface area contributed by atoms with Gasteiger partial charge in [-0.3, -0.25) is 9.59 Å². The fourth-order valence-corrected chi connectivity index (χ4v) is 2.45. The Kier molecular flexibility index (Phi) is 6.02. The van der Waals surface area contributed by atoms with Crippen molar-refractivity contribution in [1.29, 1.82) is 0 Å². The first-order chi connectivity index (χ1) is 10.5. The molecule has 1 rings (SSSR count). The maximum absolute atomic E-state index is 11.4. The fourth-order valence-electron chi connectivity index (χ4n) is 2.45. The zero-order valence-electron chi connectivity index (χ0n) is 12.1. The molecule has 1 aliphatic heterocycles. The molecule has 1 saturated heterocycles. The second-order valence-corrected chi connectivity index (χ2v) is 5.29. The number of carboxylic acids is 2. The third-order valence-corrected chi connectivity index (χ3v) is 3.56. The van der Waals surface area contributed by atoms with Crippen LogP contribution in [0.5, 0.6) is 0 Å². The lowest BCUT2D eigenvalue weighted by atomic mass is 9.81. The Morgan fingerprint density at radius 3 is 2.13 bits per heavy atom. The molecule has 0 aliphatic carbocycles. The van der Waals surface area contributed by atoms with Crippen LogP contribution < -0.4 is 5.32 Å². The van der Waals surface area contributed by atoms with Crippen LogP contribution in [0.3, 0.4) is 0 Å². The highest BCUT2D eigenvalue weighted by Crippen LogP contribution is 2.31. The van der Waals surface area contributed by atoms with Crippen molar-refractivity contribution in [2.45, 2.75) is 49.4 Å². The van der Waals surface area contributed by atoms with Crippen LogP contribution in [0.25, 0.3) is 0 Å².